The Morgan fingerprint density at radius 2 is 1.93 bits per heavy atom. The fraction of sp³-hybridized carbons (Fsp3) is 0.300. The summed E-state index contributed by atoms with van der Waals surface area (Å²) in [7, 11) is 0. The number of nitrogens with two attached hydrogens (primary N) is 1. The molecule has 1 saturated heterocycles. The molecule has 1 aliphatic rings. The number of hydrazone groups is 1. The van der Waals surface area contributed by atoms with Crippen molar-refractivity contribution in [2.75, 3.05) is 13.1 Å². The second-order valence-electron chi connectivity index (χ2n) is 6.64. The molecule has 1 fully saturated rings. The molecule has 0 aliphatic carbocycles. The van der Waals surface area contributed by atoms with Gasteiger partial charge in [-0.3, -0.25) is 9.59 Å². The quantitative estimate of drug-likeness (QED) is 0.372. The first kappa shape index (κ1) is 22.0. The van der Waals surface area contributed by atoms with Crippen LogP contribution in [0.2, 0.25) is 10.0 Å². The fourth-order valence-electron chi connectivity index (χ4n) is 2.89. The molecule has 4 amide bonds. The maximum absolute atomic E-state index is 12.4. The summed E-state index contributed by atoms with van der Waals surface area (Å²) in [6, 6.07) is 7.69. The molecule has 0 unspecified atom stereocenters. The van der Waals surface area contributed by atoms with Gasteiger partial charge in [-0.05, 0) is 49.7 Å². The van der Waals surface area contributed by atoms with Crippen molar-refractivity contribution in [3.63, 3.8) is 0 Å². The van der Waals surface area contributed by atoms with Crippen LogP contribution in [0.25, 0.3) is 11.3 Å². The lowest BCUT2D eigenvalue weighted by atomic mass is 10.2. The highest BCUT2D eigenvalue weighted by atomic mass is 35.5. The number of urea groups is 1. The Morgan fingerprint density at radius 1 is 1.13 bits per heavy atom. The minimum Gasteiger partial charge on any atom is -0.455 e. The number of unbranched alkanes of at least 4 members (excludes halogenated alkanes) is 2. The lowest BCUT2D eigenvalue weighted by Crippen LogP contribution is -2.37. The predicted octanol–water partition coefficient (Wildman–Crippen LogP) is 3.90. The van der Waals surface area contributed by atoms with E-state index in [1.54, 1.807) is 30.3 Å². The van der Waals surface area contributed by atoms with E-state index in [0.717, 1.165) is 23.4 Å². The third-order valence-corrected chi connectivity index (χ3v) is 5.18. The first-order valence-corrected chi connectivity index (χ1v) is 10.1. The molecule has 1 aromatic carbocycles. The lowest BCUT2D eigenvalue weighted by Gasteiger charge is -2.11. The average molecular weight is 451 g/mol. The molecule has 2 heterocycles. The van der Waals surface area contributed by atoms with Crippen LogP contribution in [0.15, 0.2) is 39.9 Å². The Bertz CT molecular complexity index is 989. The average Bonchev–Trinajstić information content (AvgIpc) is 3.30. The number of halogens is 2. The molecule has 158 valence electrons. The smallest absolute Gasteiger partial charge is 0.354 e. The molecule has 0 saturated carbocycles. The Labute approximate surface area is 183 Å². The zero-order valence-electron chi connectivity index (χ0n) is 16.0. The van der Waals surface area contributed by atoms with Crippen LogP contribution in [0.5, 0.6) is 0 Å². The van der Waals surface area contributed by atoms with Crippen molar-refractivity contribution in [1.29, 1.82) is 0 Å². The van der Waals surface area contributed by atoms with Crippen molar-refractivity contribution in [3.05, 3.63) is 46.1 Å². The van der Waals surface area contributed by atoms with Gasteiger partial charge >= 0.3 is 6.03 Å². The van der Waals surface area contributed by atoms with Gasteiger partial charge in [-0.25, -0.2) is 9.80 Å². The lowest BCUT2D eigenvalue weighted by molar-refractivity contribution is -0.138. The Hall–Kier alpha value is -2.68. The molecule has 10 heteroatoms. The molecule has 0 atom stereocenters. The van der Waals surface area contributed by atoms with Crippen molar-refractivity contribution in [2.24, 2.45) is 10.8 Å². The second-order valence-corrected chi connectivity index (χ2v) is 7.45. The molecule has 1 aliphatic heterocycles. The zero-order chi connectivity index (χ0) is 21.7. The summed E-state index contributed by atoms with van der Waals surface area (Å²) < 4.78 is 5.67. The maximum Gasteiger partial charge on any atom is 0.354 e. The highest BCUT2D eigenvalue weighted by molar-refractivity contribution is 6.42. The van der Waals surface area contributed by atoms with E-state index in [2.05, 4.69) is 5.10 Å². The van der Waals surface area contributed by atoms with Crippen LogP contribution in [0.1, 0.15) is 31.4 Å². The number of nitrogens with zero attached hydrogens (tertiary/aromatic N) is 3. The number of furan rings is 1. The molecular weight excluding hydrogens is 431 g/mol. The van der Waals surface area contributed by atoms with E-state index in [0.29, 0.717) is 39.4 Å². The maximum atomic E-state index is 12.4. The molecular formula is C20H20Cl2N4O4. The van der Waals surface area contributed by atoms with Crippen molar-refractivity contribution >= 4 is 47.3 Å². The number of hydrogen-bond donors (Lipinski definition) is 1. The summed E-state index contributed by atoms with van der Waals surface area (Å²) >= 11 is 11.9. The summed E-state index contributed by atoms with van der Waals surface area (Å²) in [5.74, 6) is -0.229. The van der Waals surface area contributed by atoms with E-state index >= 15 is 0 Å². The number of rotatable bonds is 8. The third-order valence-electron chi connectivity index (χ3n) is 4.45. The van der Waals surface area contributed by atoms with Crippen molar-refractivity contribution < 1.29 is 18.8 Å². The molecule has 30 heavy (non-hydrogen) atoms. The van der Waals surface area contributed by atoms with E-state index in [-0.39, 0.29) is 13.0 Å². The normalized spacial score (nSPS) is 14.4. The Morgan fingerprint density at radius 3 is 2.67 bits per heavy atom. The van der Waals surface area contributed by atoms with Gasteiger partial charge < -0.3 is 10.2 Å². The molecule has 0 spiro atoms. The number of amides is 4. The van der Waals surface area contributed by atoms with E-state index < -0.39 is 17.8 Å². The van der Waals surface area contributed by atoms with Crippen LogP contribution < -0.4 is 5.73 Å². The summed E-state index contributed by atoms with van der Waals surface area (Å²) in [4.78, 5) is 37.3. The highest BCUT2D eigenvalue weighted by Crippen LogP contribution is 2.29. The summed E-state index contributed by atoms with van der Waals surface area (Å²) in [6.45, 7) is 0.238. The molecule has 0 bridgehead atoms. The fourth-order valence-corrected chi connectivity index (χ4v) is 3.19. The number of benzene rings is 1. The third kappa shape index (κ3) is 5.08. The first-order chi connectivity index (χ1) is 14.4. The molecule has 3 rings (SSSR count). The molecule has 2 aromatic rings. The van der Waals surface area contributed by atoms with Gasteiger partial charge in [0.1, 0.15) is 18.1 Å². The first-order valence-electron chi connectivity index (χ1n) is 9.37. The standard InChI is InChI=1S/C20H20Cl2N4O4/c21-15-7-5-13(10-16(15)22)17-8-6-14(30-17)11-24-25-12-19(28)26(20(25)29)18(27)4-2-1-3-9-23/h5-8,10-11H,1-4,9,12,23H2. The Kier molecular flexibility index (Phi) is 7.25. The van der Waals surface area contributed by atoms with E-state index in [1.165, 1.54) is 6.21 Å². The topological polar surface area (TPSA) is 109 Å². The summed E-state index contributed by atoms with van der Waals surface area (Å²) in [5, 5.41) is 5.76. The number of imide groups is 3. The number of carbonyl (C=O) groups excluding carboxylic acids is 3. The van der Waals surface area contributed by atoms with Gasteiger partial charge in [-0.2, -0.15) is 10.0 Å². The van der Waals surface area contributed by atoms with Crippen molar-refractivity contribution in [1.82, 2.24) is 9.91 Å². The van der Waals surface area contributed by atoms with Gasteiger partial charge in [0, 0.05) is 12.0 Å². The van der Waals surface area contributed by atoms with Gasteiger partial charge in [0.2, 0.25) is 5.91 Å². The van der Waals surface area contributed by atoms with Crippen molar-refractivity contribution in [3.8, 4) is 11.3 Å². The van der Waals surface area contributed by atoms with E-state index in [4.69, 9.17) is 33.4 Å². The van der Waals surface area contributed by atoms with E-state index in [9.17, 15) is 14.4 Å². The molecule has 8 nitrogen and oxygen atoms in total. The van der Waals surface area contributed by atoms with Crippen LogP contribution in [-0.4, -0.2) is 47.1 Å². The SMILES string of the molecule is NCCCCCC(=O)N1C(=O)CN(N=Cc2ccc(-c3ccc(Cl)c(Cl)c3)o2)C1=O. The van der Waals surface area contributed by atoms with Crippen LogP contribution in [-0.2, 0) is 9.59 Å². The van der Waals surface area contributed by atoms with Gasteiger partial charge in [0.15, 0.2) is 0 Å². The van der Waals surface area contributed by atoms with Gasteiger partial charge in [0.25, 0.3) is 5.91 Å². The molecule has 0 radical (unpaired) electrons. The second kappa shape index (κ2) is 9.88. The Balaban J connectivity index is 1.63. The van der Waals surface area contributed by atoms with Gasteiger partial charge in [-0.15, -0.1) is 0 Å². The predicted molar refractivity (Wildman–Crippen MR) is 113 cm³/mol. The zero-order valence-corrected chi connectivity index (χ0v) is 17.5. The van der Waals surface area contributed by atoms with E-state index in [1.807, 2.05) is 0 Å². The molecule has 2 N–H and O–H groups in total. The largest absolute Gasteiger partial charge is 0.455 e. The van der Waals surface area contributed by atoms with Crippen LogP contribution >= 0.6 is 23.2 Å². The van der Waals surface area contributed by atoms with Gasteiger partial charge in [-0.1, -0.05) is 29.6 Å². The minimum absolute atomic E-state index is 0.111. The van der Waals surface area contributed by atoms with Crippen LogP contribution in [0.3, 0.4) is 0 Å². The number of carbonyl (C=O) groups is 3. The van der Waals surface area contributed by atoms with Crippen LogP contribution in [0.4, 0.5) is 4.79 Å². The molecule has 1 aromatic heterocycles. The monoisotopic (exact) mass is 450 g/mol. The summed E-state index contributed by atoms with van der Waals surface area (Å²) in [6.07, 6.45) is 3.54. The highest BCUT2D eigenvalue weighted by Gasteiger charge is 2.40. The minimum atomic E-state index is -0.767. The summed E-state index contributed by atoms with van der Waals surface area (Å²) in [5.41, 5.74) is 6.14. The van der Waals surface area contributed by atoms with Crippen molar-refractivity contribution in [2.45, 2.75) is 25.7 Å². The van der Waals surface area contributed by atoms with Crippen LogP contribution in [0, 0.1) is 0 Å². The van der Waals surface area contributed by atoms with Gasteiger partial charge in [0.05, 0.1) is 16.3 Å². The number of hydrogen-bond acceptors (Lipinski definition) is 6.